The molecule has 0 amide bonds. The minimum atomic E-state index is -0.149. The molecule has 18 heavy (non-hydrogen) atoms. The highest BCUT2D eigenvalue weighted by molar-refractivity contribution is 5.51. The Hall–Kier alpha value is -1.09. The fraction of sp³-hybridized carbons (Fsp3) is 0.600. The maximum absolute atomic E-state index is 13.1. The second kappa shape index (κ2) is 4.88. The molecule has 2 heterocycles. The minimum absolute atomic E-state index is 0.149. The third-order valence-electron chi connectivity index (χ3n) is 4.37. The van der Waals surface area contributed by atoms with Gasteiger partial charge in [0.15, 0.2) is 0 Å². The van der Waals surface area contributed by atoms with Crippen molar-refractivity contribution in [3.63, 3.8) is 0 Å². The monoisotopic (exact) mass is 248 g/mol. The average Bonchev–Trinajstić information content (AvgIpc) is 2.80. The van der Waals surface area contributed by atoms with Gasteiger partial charge in [0, 0.05) is 24.3 Å². The Morgan fingerprint density at radius 3 is 3.00 bits per heavy atom. The van der Waals surface area contributed by atoms with E-state index < -0.39 is 0 Å². The minimum Gasteiger partial charge on any atom is -0.382 e. The molecule has 1 aromatic rings. The van der Waals surface area contributed by atoms with Crippen LogP contribution in [0.2, 0.25) is 0 Å². The molecule has 2 atom stereocenters. The number of hydrogen-bond donors (Lipinski definition) is 1. The standard InChI is InChI=1S/C15H21FN2/c1-11-9-12(16)4-5-15(11)17-13-6-8-18-7-2-3-14(18)10-13/h4-5,9,13-14,17H,2-3,6-8,10H2,1H3. The first-order chi connectivity index (χ1) is 8.72. The predicted molar refractivity (Wildman–Crippen MR) is 72.4 cm³/mol. The zero-order valence-corrected chi connectivity index (χ0v) is 11.0. The van der Waals surface area contributed by atoms with Gasteiger partial charge in [0.05, 0.1) is 0 Å². The number of halogens is 1. The first-order valence-electron chi connectivity index (χ1n) is 6.99. The van der Waals surface area contributed by atoms with E-state index in [4.69, 9.17) is 0 Å². The highest BCUT2D eigenvalue weighted by atomic mass is 19.1. The molecule has 3 rings (SSSR count). The van der Waals surface area contributed by atoms with Crippen molar-refractivity contribution in [1.29, 1.82) is 0 Å². The van der Waals surface area contributed by atoms with Crippen LogP contribution in [0.25, 0.3) is 0 Å². The lowest BCUT2D eigenvalue weighted by molar-refractivity contribution is 0.188. The molecule has 0 saturated carbocycles. The van der Waals surface area contributed by atoms with Crippen molar-refractivity contribution in [2.24, 2.45) is 0 Å². The van der Waals surface area contributed by atoms with Crippen LogP contribution in [0.5, 0.6) is 0 Å². The summed E-state index contributed by atoms with van der Waals surface area (Å²) in [6, 6.07) is 6.34. The molecular formula is C15H21FN2. The molecule has 0 bridgehead atoms. The lowest BCUT2D eigenvalue weighted by Crippen LogP contribution is -2.42. The van der Waals surface area contributed by atoms with E-state index in [0.717, 1.165) is 17.3 Å². The van der Waals surface area contributed by atoms with Gasteiger partial charge < -0.3 is 10.2 Å². The van der Waals surface area contributed by atoms with Gasteiger partial charge in [0.2, 0.25) is 0 Å². The Balaban J connectivity index is 1.66. The SMILES string of the molecule is Cc1cc(F)ccc1NC1CCN2CCCC2C1. The molecule has 1 aromatic carbocycles. The van der Waals surface area contributed by atoms with Gasteiger partial charge in [0.25, 0.3) is 0 Å². The highest BCUT2D eigenvalue weighted by Crippen LogP contribution is 2.29. The Morgan fingerprint density at radius 1 is 1.28 bits per heavy atom. The maximum atomic E-state index is 13.1. The molecular weight excluding hydrogens is 227 g/mol. The van der Waals surface area contributed by atoms with Crippen LogP contribution in [0.15, 0.2) is 18.2 Å². The van der Waals surface area contributed by atoms with Crippen molar-refractivity contribution >= 4 is 5.69 Å². The molecule has 2 aliphatic rings. The molecule has 0 spiro atoms. The summed E-state index contributed by atoms with van der Waals surface area (Å²) in [6.07, 6.45) is 5.14. The fourth-order valence-electron chi connectivity index (χ4n) is 3.36. The zero-order chi connectivity index (χ0) is 12.5. The largest absolute Gasteiger partial charge is 0.382 e. The summed E-state index contributed by atoms with van der Waals surface area (Å²) < 4.78 is 13.1. The second-order valence-electron chi connectivity index (χ2n) is 5.66. The summed E-state index contributed by atoms with van der Waals surface area (Å²) in [5.41, 5.74) is 2.09. The van der Waals surface area contributed by atoms with Gasteiger partial charge in [-0.3, -0.25) is 0 Å². The lowest BCUT2D eigenvalue weighted by Gasteiger charge is -2.35. The average molecular weight is 248 g/mol. The van der Waals surface area contributed by atoms with Gasteiger partial charge in [-0.1, -0.05) is 0 Å². The molecule has 2 saturated heterocycles. The van der Waals surface area contributed by atoms with E-state index in [0.29, 0.717) is 6.04 Å². The molecule has 2 fully saturated rings. The third-order valence-corrected chi connectivity index (χ3v) is 4.37. The number of nitrogens with zero attached hydrogens (tertiary/aromatic N) is 1. The highest BCUT2D eigenvalue weighted by Gasteiger charge is 2.31. The Morgan fingerprint density at radius 2 is 2.17 bits per heavy atom. The second-order valence-corrected chi connectivity index (χ2v) is 5.66. The first kappa shape index (κ1) is 12.0. The normalized spacial score (nSPS) is 28.1. The summed E-state index contributed by atoms with van der Waals surface area (Å²) in [6.45, 7) is 4.46. The van der Waals surface area contributed by atoms with Crippen LogP contribution in [0, 0.1) is 12.7 Å². The summed E-state index contributed by atoms with van der Waals surface area (Å²) in [4.78, 5) is 2.62. The topological polar surface area (TPSA) is 15.3 Å². The van der Waals surface area contributed by atoms with Gasteiger partial charge in [-0.15, -0.1) is 0 Å². The van der Waals surface area contributed by atoms with Gasteiger partial charge in [-0.25, -0.2) is 4.39 Å². The van der Waals surface area contributed by atoms with Crippen molar-refractivity contribution in [2.45, 2.75) is 44.7 Å². The Labute approximate surface area is 108 Å². The number of hydrogen-bond acceptors (Lipinski definition) is 2. The molecule has 2 unspecified atom stereocenters. The number of benzene rings is 1. The number of fused-ring (bicyclic) bond motifs is 1. The van der Waals surface area contributed by atoms with E-state index in [2.05, 4.69) is 10.2 Å². The van der Waals surface area contributed by atoms with E-state index in [1.807, 2.05) is 13.0 Å². The van der Waals surface area contributed by atoms with E-state index in [1.165, 1.54) is 38.8 Å². The molecule has 2 nitrogen and oxygen atoms in total. The van der Waals surface area contributed by atoms with Gasteiger partial charge in [-0.2, -0.15) is 0 Å². The maximum Gasteiger partial charge on any atom is 0.123 e. The summed E-state index contributed by atoms with van der Waals surface area (Å²) in [5, 5.41) is 3.60. The molecule has 0 aromatic heterocycles. The fourth-order valence-corrected chi connectivity index (χ4v) is 3.36. The third kappa shape index (κ3) is 2.37. The van der Waals surface area contributed by atoms with Crippen molar-refractivity contribution in [3.8, 4) is 0 Å². The molecule has 2 aliphatic heterocycles. The van der Waals surface area contributed by atoms with Gasteiger partial charge in [0.1, 0.15) is 5.82 Å². The number of rotatable bonds is 2. The van der Waals surface area contributed by atoms with Crippen molar-refractivity contribution in [2.75, 3.05) is 18.4 Å². The van der Waals surface area contributed by atoms with E-state index >= 15 is 0 Å². The zero-order valence-electron chi connectivity index (χ0n) is 11.0. The van der Waals surface area contributed by atoms with Crippen molar-refractivity contribution in [1.82, 2.24) is 4.90 Å². The van der Waals surface area contributed by atoms with Crippen molar-refractivity contribution < 1.29 is 4.39 Å². The number of piperidine rings is 1. The summed E-state index contributed by atoms with van der Waals surface area (Å²) >= 11 is 0. The molecule has 0 radical (unpaired) electrons. The first-order valence-corrected chi connectivity index (χ1v) is 6.99. The number of nitrogens with one attached hydrogen (secondary N) is 1. The van der Waals surface area contributed by atoms with E-state index in [9.17, 15) is 4.39 Å². The number of aryl methyl sites for hydroxylation is 1. The van der Waals surface area contributed by atoms with Crippen LogP contribution in [-0.2, 0) is 0 Å². The van der Waals surface area contributed by atoms with E-state index in [1.54, 1.807) is 12.1 Å². The summed E-state index contributed by atoms with van der Waals surface area (Å²) in [7, 11) is 0. The van der Waals surface area contributed by atoms with Gasteiger partial charge in [-0.05, 0) is 62.9 Å². The molecule has 98 valence electrons. The van der Waals surface area contributed by atoms with Crippen LogP contribution >= 0.6 is 0 Å². The van der Waals surface area contributed by atoms with Crippen LogP contribution in [0.4, 0.5) is 10.1 Å². The lowest BCUT2D eigenvalue weighted by atomic mass is 9.97. The number of anilines is 1. The van der Waals surface area contributed by atoms with E-state index in [-0.39, 0.29) is 5.82 Å². The van der Waals surface area contributed by atoms with Crippen molar-refractivity contribution in [3.05, 3.63) is 29.6 Å². The molecule has 1 N–H and O–H groups in total. The molecule has 3 heteroatoms. The Kier molecular flexibility index (Phi) is 3.25. The van der Waals surface area contributed by atoms with Crippen LogP contribution in [0.3, 0.4) is 0 Å². The van der Waals surface area contributed by atoms with Crippen LogP contribution in [-0.4, -0.2) is 30.1 Å². The Bertz CT molecular complexity index is 433. The quantitative estimate of drug-likeness (QED) is 0.864. The smallest absolute Gasteiger partial charge is 0.123 e. The van der Waals surface area contributed by atoms with Crippen LogP contribution < -0.4 is 5.32 Å². The van der Waals surface area contributed by atoms with Crippen LogP contribution in [0.1, 0.15) is 31.2 Å². The summed E-state index contributed by atoms with van der Waals surface area (Å²) in [5.74, 6) is -0.149. The molecule has 0 aliphatic carbocycles. The van der Waals surface area contributed by atoms with Gasteiger partial charge >= 0.3 is 0 Å². The predicted octanol–water partition coefficient (Wildman–Crippen LogP) is 3.17.